The number of hydrogen-bond donors (Lipinski definition) is 1. The van der Waals surface area contributed by atoms with E-state index in [-0.39, 0.29) is 12.5 Å². The van der Waals surface area contributed by atoms with Crippen LogP contribution < -0.4 is 0 Å². The number of benzene rings is 1. The summed E-state index contributed by atoms with van der Waals surface area (Å²) in [5.41, 5.74) is 1.33. The number of aromatic nitrogens is 2. The number of aliphatic hydroxyl groups excluding tert-OH is 1. The molecule has 0 spiro atoms. The molecule has 6 heteroatoms. The van der Waals surface area contributed by atoms with Crippen molar-refractivity contribution in [2.24, 2.45) is 0 Å². The first-order valence-corrected chi connectivity index (χ1v) is 6.03. The summed E-state index contributed by atoms with van der Waals surface area (Å²) >= 11 is 0. The molecule has 0 unspecified atom stereocenters. The minimum Gasteiger partial charge on any atom is -0.423 e. The molecule has 0 atom stereocenters. The Balaban J connectivity index is 2.16. The lowest BCUT2D eigenvalue weighted by Gasteiger charge is -2.19. The quantitative estimate of drug-likeness (QED) is 0.874. The molecule has 0 aliphatic heterocycles. The molecule has 100 valence electrons. The molecule has 2 rings (SSSR count). The van der Waals surface area contributed by atoms with E-state index in [4.69, 9.17) is 9.52 Å². The van der Waals surface area contributed by atoms with Gasteiger partial charge in [0, 0.05) is 24.2 Å². The highest BCUT2D eigenvalue weighted by Crippen LogP contribution is 2.17. The maximum absolute atomic E-state index is 12.1. The molecule has 1 heterocycles. The van der Waals surface area contributed by atoms with Crippen LogP contribution in [0.15, 0.2) is 35.1 Å². The molecular weight excluding hydrogens is 246 g/mol. The number of nitrogens with zero attached hydrogens (tertiary/aromatic N) is 3. The van der Waals surface area contributed by atoms with Crippen LogP contribution in [0.1, 0.15) is 17.3 Å². The largest absolute Gasteiger partial charge is 0.423 e. The molecule has 2 aromatic rings. The Labute approximate surface area is 110 Å². The highest BCUT2D eigenvalue weighted by molar-refractivity contribution is 5.94. The molecule has 0 aliphatic carbocycles. The van der Waals surface area contributed by atoms with Gasteiger partial charge in [0.2, 0.25) is 12.3 Å². The van der Waals surface area contributed by atoms with Gasteiger partial charge in [-0.25, -0.2) is 0 Å². The van der Waals surface area contributed by atoms with Gasteiger partial charge in [-0.3, -0.25) is 4.79 Å². The second-order valence-electron chi connectivity index (χ2n) is 3.93. The number of rotatable bonds is 5. The molecule has 1 amide bonds. The highest BCUT2D eigenvalue weighted by Gasteiger charge is 2.14. The summed E-state index contributed by atoms with van der Waals surface area (Å²) in [5, 5.41) is 16.3. The molecule has 0 aliphatic rings. The maximum Gasteiger partial charge on any atom is 0.253 e. The van der Waals surface area contributed by atoms with Crippen molar-refractivity contribution in [2.75, 3.05) is 19.7 Å². The zero-order valence-electron chi connectivity index (χ0n) is 10.6. The van der Waals surface area contributed by atoms with Crippen molar-refractivity contribution in [3.8, 4) is 11.5 Å². The normalized spacial score (nSPS) is 10.4. The second kappa shape index (κ2) is 6.10. The standard InChI is InChI=1S/C13H15N3O3/c1-2-16(7-8-17)13(18)11-5-3-10(4-6-11)12-15-14-9-19-12/h3-6,9,17H,2,7-8H2,1H3. The van der Waals surface area contributed by atoms with Gasteiger partial charge in [0.25, 0.3) is 5.91 Å². The fourth-order valence-corrected chi connectivity index (χ4v) is 1.76. The van der Waals surface area contributed by atoms with Gasteiger partial charge < -0.3 is 14.4 Å². The fraction of sp³-hybridized carbons (Fsp3) is 0.308. The molecule has 0 bridgehead atoms. The van der Waals surface area contributed by atoms with Gasteiger partial charge in [-0.1, -0.05) is 0 Å². The van der Waals surface area contributed by atoms with Gasteiger partial charge in [0.15, 0.2) is 0 Å². The van der Waals surface area contributed by atoms with Crippen LogP contribution in [0.4, 0.5) is 0 Å². The molecule has 0 fully saturated rings. The summed E-state index contributed by atoms with van der Waals surface area (Å²) in [6.07, 6.45) is 1.26. The molecule has 0 saturated heterocycles. The number of amides is 1. The fourth-order valence-electron chi connectivity index (χ4n) is 1.76. The molecule has 6 nitrogen and oxygen atoms in total. The van der Waals surface area contributed by atoms with E-state index in [1.165, 1.54) is 6.39 Å². The Bertz CT molecular complexity index is 523. The van der Waals surface area contributed by atoms with E-state index in [0.717, 1.165) is 5.56 Å². The zero-order chi connectivity index (χ0) is 13.7. The summed E-state index contributed by atoms with van der Waals surface area (Å²) in [6.45, 7) is 2.73. The molecule has 0 saturated carbocycles. The van der Waals surface area contributed by atoms with Crippen molar-refractivity contribution < 1.29 is 14.3 Å². The van der Waals surface area contributed by atoms with Crippen LogP contribution >= 0.6 is 0 Å². The minimum absolute atomic E-state index is 0.0420. The van der Waals surface area contributed by atoms with Crippen LogP contribution in [0.25, 0.3) is 11.5 Å². The van der Waals surface area contributed by atoms with Crippen LogP contribution in [0.2, 0.25) is 0 Å². The van der Waals surface area contributed by atoms with E-state index in [1.54, 1.807) is 29.2 Å². The number of aliphatic hydroxyl groups is 1. The van der Waals surface area contributed by atoms with E-state index < -0.39 is 0 Å². The van der Waals surface area contributed by atoms with Crippen LogP contribution in [-0.2, 0) is 0 Å². The van der Waals surface area contributed by atoms with Crippen LogP contribution in [0.3, 0.4) is 0 Å². The topological polar surface area (TPSA) is 79.5 Å². The number of hydrogen-bond acceptors (Lipinski definition) is 5. The smallest absolute Gasteiger partial charge is 0.253 e. The van der Waals surface area contributed by atoms with E-state index in [2.05, 4.69) is 10.2 Å². The first-order valence-electron chi connectivity index (χ1n) is 6.03. The molecular formula is C13H15N3O3. The monoisotopic (exact) mass is 261 g/mol. The summed E-state index contributed by atoms with van der Waals surface area (Å²) in [5.74, 6) is 0.315. The van der Waals surface area contributed by atoms with Gasteiger partial charge in [0.1, 0.15) is 0 Å². The first-order chi connectivity index (χ1) is 9.26. The SMILES string of the molecule is CCN(CCO)C(=O)c1ccc(-c2nnco2)cc1. The summed E-state index contributed by atoms with van der Waals surface area (Å²) < 4.78 is 5.08. The zero-order valence-corrected chi connectivity index (χ0v) is 10.6. The Hall–Kier alpha value is -2.21. The Kier molecular flexibility index (Phi) is 4.25. The van der Waals surface area contributed by atoms with E-state index in [9.17, 15) is 4.79 Å². The van der Waals surface area contributed by atoms with Crippen LogP contribution in [0, 0.1) is 0 Å². The highest BCUT2D eigenvalue weighted by atomic mass is 16.4. The Morgan fingerprint density at radius 1 is 1.37 bits per heavy atom. The minimum atomic E-state index is -0.103. The number of carbonyl (C=O) groups excluding carboxylic acids is 1. The van der Waals surface area contributed by atoms with Gasteiger partial charge in [0.05, 0.1) is 6.61 Å². The third-order valence-electron chi connectivity index (χ3n) is 2.78. The van der Waals surface area contributed by atoms with Crippen LogP contribution in [0.5, 0.6) is 0 Å². The first kappa shape index (κ1) is 13.2. The maximum atomic E-state index is 12.1. The van der Waals surface area contributed by atoms with Crippen molar-refractivity contribution in [3.63, 3.8) is 0 Å². The summed E-state index contributed by atoms with van der Waals surface area (Å²) in [4.78, 5) is 13.7. The van der Waals surface area contributed by atoms with E-state index >= 15 is 0 Å². The molecule has 1 aromatic heterocycles. The van der Waals surface area contributed by atoms with E-state index in [0.29, 0.717) is 24.5 Å². The van der Waals surface area contributed by atoms with Gasteiger partial charge in [-0.15, -0.1) is 10.2 Å². The lowest BCUT2D eigenvalue weighted by Crippen LogP contribution is -2.33. The average Bonchev–Trinajstić information content (AvgIpc) is 2.98. The van der Waals surface area contributed by atoms with Crippen molar-refractivity contribution in [3.05, 3.63) is 36.2 Å². The predicted octanol–water partition coefficient (Wildman–Crippen LogP) is 1.19. The van der Waals surface area contributed by atoms with E-state index in [1.807, 2.05) is 6.92 Å². The molecule has 1 aromatic carbocycles. The van der Waals surface area contributed by atoms with Gasteiger partial charge >= 0.3 is 0 Å². The third-order valence-corrected chi connectivity index (χ3v) is 2.78. The molecule has 0 radical (unpaired) electrons. The Morgan fingerprint density at radius 3 is 2.63 bits per heavy atom. The number of carbonyl (C=O) groups is 1. The predicted molar refractivity (Wildman–Crippen MR) is 68.4 cm³/mol. The molecule has 1 N–H and O–H groups in total. The average molecular weight is 261 g/mol. The van der Waals surface area contributed by atoms with Gasteiger partial charge in [-0.2, -0.15) is 0 Å². The van der Waals surface area contributed by atoms with Crippen molar-refractivity contribution >= 4 is 5.91 Å². The summed E-state index contributed by atoms with van der Waals surface area (Å²) in [7, 11) is 0. The van der Waals surface area contributed by atoms with Crippen molar-refractivity contribution in [1.29, 1.82) is 0 Å². The van der Waals surface area contributed by atoms with Gasteiger partial charge in [-0.05, 0) is 31.2 Å². The van der Waals surface area contributed by atoms with Crippen molar-refractivity contribution in [1.82, 2.24) is 15.1 Å². The lowest BCUT2D eigenvalue weighted by molar-refractivity contribution is 0.0732. The summed E-state index contributed by atoms with van der Waals surface area (Å²) in [6, 6.07) is 6.94. The second-order valence-corrected chi connectivity index (χ2v) is 3.93. The molecule has 19 heavy (non-hydrogen) atoms. The third kappa shape index (κ3) is 2.97. The van der Waals surface area contributed by atoms with Crippen molar-refractivity contribution in [2.45, 2.75) is 6.92 Å². The number of likely N-dealkylation sites (N-methyl/N-ethyl adjacent to an activating group) is 1. The Morgan fingerprint density at radius 2 is 2.11 bits per heavy atom. The lowest BCUT2D eigenvalue weighted by atomic mass is 10.1. The van der Waals surface area contributed by atoms with Crippen LogP contribution in [-0.4, -0.2) is 45.8 Å².